The predicted molar refractivity (Wildman–Crippen MR) is 67.4 cm³/mol. The lowest BCUT2D eigenvalue weighted by molar-refractivity contribution is -0.134. The summed E-state index contributed by atoms with van der Waals surface area (Å²) < 4.78 is 32.3. The van der Waals surface area contributed by atoms with Crippen molar-refractivity contribution in [2.75, 3.05) is 13.7 Å². The predicted octanol–water partition coefficient (Wildman–Crippen LogP) is 2.58. The molecule has 0 aliphatic carbocycles. The summed E-state index contributed by atoms with van der Waals surface area (Å²) in [7, 11) is 1.24. The largest absolute Gasteiger partial charge is 0.466 e. The quantitative estimate of drug-likeness (QED) is 0.675. The highest BCUT2D eigenvalue weighted by atomic mass is 19.1. The van der Waals surface area contributed by atoms with E-state index in [0.29, 0.717) is 5.56 Å². The molecule has 5 heteroatoms. The minimum atomic E-state index is -0.594. The Bertz CT molecular complexity index is 485. The van der Waals surface area contributed by atoms with E-state index in [4.69, 9.17) is 0 Å². The van der Waals surface area contributed by atoms with Gasteiger partial charge in [0, 0.05) is 17.7 Å². The number of hydrogen-bond acceptors (Lipinski definition) is 3. The molecule has 2 rings (SSSR count). The molecular formula is C14H15F2NO2. The summed E-state index contributed by atoms with van der Waals surface area (Å²) >= 11 is 0. The molecule has 1 N–H and O–H groups in total. The number of hydrogen-bond donors (Lipinski definition) is 1. The zero-order valence-electron chi connectivity index (χ0n) is 10.6. The first kappa shape index (κ1) is 13.7. The molecule has 1 atom stereocenters. The molecule has 1 aromatic carbocycles. The van der Waals surface area contributed by atoms with Crippen LogP contribution in [-0.4, -0.2) is 19.6 Å². The SMILES string of the molecule is COC(=O)/C=C/c1cc(F)c([C@@H]2CCCN2)c(F)c1. The summed E-state index contributed by atoms with van der Waals surface area (Å²) in [5.41, 5.74) is 0.370. The molecule has 0 unspecified atom stereocenters. The smallest absolute Gasteiger partial charge is 0.330 e. The van der Waals surface area contributed by atoms with Crippen LogP contribution < -0.4 is 5.32 Å². The number of halogens is 2. The van der Waals surface area contributed by atoms with Crippen molar-refractivity contribution < 1.29 is 18.3 Å². The molecule has 19 heavy (non-hydrogen) atoms. The van der Waals surface area contributed by atoms with Crippen LogP contribution in [0.4, 0.5) is 8.78 Å². The first-order valence-electron chi connectivity index (χ1n) is 6.10. The molecule has 0 radical (unpaired) electrons. The van der Waals surface area contributed by atoms with E-state index in [2.05, 4.69) is 10.1 Å². The Morgan fingerprint density at radius 2 is 2.11 bits per heavy atom. The van der Waals surface area contributed by atoms with E-state index in [1.54, 1.807) is 0 Å². The fourth-order valence-electron chi connectivity index (χ4n) is 2.20. The average Bonchev–Trinajstić information content (AvgIpc) is 2.88. The zero-order chi connectivity index (χ0) is 13.8. The van der Waals surface area contributed by atoms with E-state index in [1.165, 1.54) is 25.3 Å². The number of rotatable bonds is 3. The third-order valence-corrected chi connectivity index (χ3v) is 3.12. The molecule has 102 valence electrons. The van der Waals surface area contributed by atoms with Crippen LogP contribution in [0, 0.1) is 11.6 Å². The van der Waals surface area contributed by atoms with Gasteiger partial charge in [-0.2, -0.15) is 0 Å². The topological polar surface area (TPSA) is 38.3 Å². The molecule has 1 saturated heterocycles. The van der Waals surface area contributed by atoms with Crippen LogP contribution in [0.5, 0.6) is 0 Å². The molecule has 0 spiro atoms. The summed E-state index contributed by atoms with van der Waals surface area (Å²) in [5.74, 6) is -1.75. The van der Waals surface area contributed by atoms with E-state index in [-0.39, 0.29) is 11.6 Å². The van der Waals surface area contributed by atoms with Gasteiger partial charge in [-0.05, 0) is 43.2 Å². The highest BCUT2D eigenvalue weighted by molar-refractivity contribution is 5.86. The maximum atomic E-state index is 13.9. The molecule has 0 saturated carbocycles. The van der Waals surface area contributed by atoms with Crippen LogP contribution in [0.2, 0.25) is 0 Å². The lowest BCUT2D eigenvalue weighted by atomic mass is 10.0. The molecule has 1 aromatic rings. The summed E-state index contributed by atoms with van der Waals surface area (Å²) in [5, 5.41) is 3.06. The first-order chi connectivity index (χ1) is 9.11. The van der Waals surface area contributed by atoms with Crippen LogP contribution >= 0.6 is 0 Å². The molecule has 1 aliphatic heterocycles. The average molecular weight is 267 g/mol. The maximum absolute atomic E-state index is 13.9. The third kappa shape index (κ3) is 3.17. The highest BCUT2D eigenvalue weighted by Crippen LogP contribution is 2.28. The van der Waals surface area contributed by atoms with E-state index in [1.807, 2.05) is 0 Å². The van der Waals surface area contributed by atoms with Crippen molar-refractivity contribution in [3.8, 4) is 0 Å². The Morgan fingerprint density at radius 3 is 2.63 bits per heavy atom. The van der Waals surface area contributed by atoms with E-state index < -0.39 is 17.6 Å². The maximum Gasteiger partial charge on any atom is 0.330 e. The van der Waals surface area contributed by atoms with Crippen molar-refractivity contribution in [1.82, 2.24) is 5.32 Å². The molecule has 3 nitrogen and oxygen atoms in total. The zero-order valence-corrected chi connectivity index (χ0v) is 10.6. The van der Waals surface area contributed by atoms with Crippen molar-refractivity contribution in [3.05, 3.63) is 41.0 Å². The van der Waals surface area contributed by atoms with Gasteiger partial charge in [-0.3, -0.25) is 0 Å². The molecule has 1 fully saturated rings. The van der Waals surface area contributed by atoms with E-state index >= 15 is 0 Å². The number of benzene rings is 1. The molecule has 0 aromatic heterocycles. The second-order valence-corrected chi connectivity index (χ2v) is 4.40. The Hall–Kier alpha value is -1.75. The van der Waals surface area contributed by atoms with Gasteiger partial charge in [0.1, 0.15) is 11.6 Å². The van der Waals surface area contributed by atoms with Crippen LogP contribution in [0.15, 0.2) is 18.2 Å². The van der Waals surface area contributed by atoms with Gasteiger partial charge in [-0.1, -0.05) is 0 Å². The third-order valence-electron chi connectivity index (χ3n) is 3.12. The Kier molecular flexibility index (Phi) is 4.27. The molecule has 0 bridgehead atoms. The standard InChI is InChI=1S/C14H15F2NO2/c1-19-13(18)5-4-9-7-10(15)14(11(16)8-9)12-3-2-6-17-12/h4-5,7-8,12,17H,2-3,6H2,1H3/b5-4+/t12-/m0/s1. The van der Waals surface area contributed by atoms with Crippen molar-refractivity contribution in [2.24, 2.45) is 0 Å². The van der Waals surface area contributed by atoms with Gasteiger partial charge in [0.15, 0.2) is 0 Å². The minimum Gasteiger partial charge on any atom is -0.466 e. The number of esters is 1. The van der Waals surface area contributed by atoms with Gasteiger partial charge in [0.25, 0.3) is 0 Å². The second-order valence-electron chi connectivity index (χ2n) is 4.40. The fraction of sp³-hybridized carbons (Fsp3) is 0.357. The van der Waals surface area contributed by atoms with Gasteiger partial charge in [0.2, 0.25) is 0 Å². The lowest BCUT2D eigenvalue weighted by Gasteiger charge is -2.13. The summed E-state index contributed by atoms with van der Waals surface area (Å²) in [4.78, 5) is 10.9. The van der Waals surface area contributed by atoms with E-state index in [0.717, 1.165) is 25.5 Å². The number of ether oxygens (including phenoxy) is 1. The van der Waals surface area contributed by atoms with E-state index in [9.17, 15) is 13.6 Å². The summed E-state index contributed by atoms with van der Waals surface area (Å²) in [6.07, 6.45) is 4.09. The van der Waals surface area contributed by atoms with Crippen LogP contribution in [-0.2, 0) is 9.53 Å². The monoisotopic (exact) mass is 267 g/mol. The van der Waals surface area contributed by atoms with Crippen molar-refractivity contribution in [2.45, 2.75) is 18.9 Å². The van der Waals surface area contributed by atoms with Gasteiger partial charge < -0.3 is 10.1 Å². The van der Waals surface area contributed by atoms with Gasteiger partial charge in [-0.25, -0.2) is 13.6 Å². The number of nitrogens with one attached hydrogen (secondary N) is 1. The Balaban J connectivity index is 2.26. The second kappa shape index (κ2) is 5.93. The Morgan fingerprint density at radius 1 is 1.42 bits per heavy atom. The van der Waals surface area contributed by atoms with Gasteiger partial charge in [-0.15, -0.1) is 0 Å². The molecule has 0 amide bonds. The van der Waals surface area contributed by atoms with Crippen LogP contribution in [0.1, 0.15) is 30.0 Å². The molecule has 1 heterocycles. The highest BCUT2D eigenvalue weighted by Gasteiger charge is 2.23. The first-order valence-corrected chi connectivity index (χ1v) is 6.10. The Labute approximate surface area is 110 Å². The molecular weight excluding hydrogens is 252 g/mol. The van der Waals surface area contributed by atoms with Gasteiger partial charge in [0.05, 0.1) is 7.11 Å². The number of carbonyl (C=O) groups is 1. The normalized spacial score (nSPS) is 19.0. The van der Waals surface area contributed by atoms with Crippen LogP contribution in [0.3, 0.4) is 0 Å². The number of carbonyl (C=O) groups excluding carboxylic acids is 1. The minimum absolute atomic E-state index is 0.0766. The number of methoxy groups -OCH3 is 1. The lowest BCUT2D eigenvalue weighted by Crippen LogP contribution is -2.16. The summed E-state index contributed by atoms with van der Waals surface area (Å²) in [6, 6.07) is 2.18. The van der Waals surface area contributed by atoms with Crippen molar-refractivity contribution in [1.29, 1.82) is 0 Å². The fourth-order valence-corrected chi connectivity index (χ4v) is 2.20. The summed E-state index contributed by atoms with van der Waals surface area (Å²) in [6.45, 7) is 0.771. The molecule has 1 aliphatic rings. The van der Waals surface area contributed by atoms with Crippen molar-refractivity contribution >= 4 is 12.0 Å². The van der Waals surface area contributed by atoms with Crippen molar-refractivity contribution in [3.63, 3.8) is 0 Å². The van der Waals surface area contributed by atoms with Crippen LogP contribution in [0.25, 0.3) is 6.08 Å². The van der Waals surface area contributed by atoms with Gasteiger partial charge >= 0.3 is 5.97 Å².